The Hall–Kier alpha value is -1.33. The number of nitrogens with two attached hydrogens (primary N) is 1. The summed E-state index contributed by atoms with van der Waals surface area (Å²) in [7, 11) is 2.87. The molecule has 0 aliphatic rings. The third-order valence-corrected chi connectivity index (χ3v) is 2.39. The van der Waals surface area contributed by atoms with Crippen molar-refractivity contribution in [1.82, 2.24) is 0 Å². The van der Waals surface area contributed by atoms with Gasteiger partial charge in [0.2, 0.25) is 0 Å². The standard InChI is InChI=1S/C11H16FNO3/c1-11(2,16-13)9-8(14-3)6-5-7(12)10(9)15-4/h5-6H,13H2,1-4H3. The van der Waals surface area contributed by atoms with Gasteiger partial charge in [0, 0.05) is 0 Å². The average molecular weight is 229 g/mol. The van der Waals surface area contributed by atoms with Crippen molar-refractivity contribution in [3.63, 3.8) is 0 Å². The van der Waals surface area contributed by atoms with Crippen molar-refractivity contribution in [2.75, 3.05) is 14.2 Å². The molecule has 0 atom stereocenters. The van der Waals surface area contributed by atoms with Gasteiger partial charge >= 0.3 is 0 Å². The smallest absolute Gasteiger partial charge is 0.165 e. The SMILES string of the molecule is COc1ccc(F)c(OC)c1C(C)(C)ON. The first-order valence-corrected chi connectivity index (χ1v) is 4.76. The molecule has 0 aliphatic carbocycles. The lowest BCUT2D eigenvalue weighted by atomic mass is 9.95. The molecular weight excluding hydrogens is 213 g/mol. The fourth-order valence-corrected chi connectivity index (χ4v) is 1.54. The number of ether oxygens (including phenoxy) is 2. The molecule has 0 radical (unpaired) electrons. The number of hydrogen-bond donors (Lipinski definition) is 1. The largest absolute Gasteiger partial charge is 0.496 e. The van der Waals surface area contributed by atoms with E-state index in [9.17, 15) is 4.39 Å². The summed E-state index contributed by atoms with van der Waals surface area (Å²) in [4.78, 5) is 4.84. The van der Waals surface area contributed by atoms with Gasteiger partial charge in [-0.05, 0) is 26.0 Å². The topological polar surface area (TPSA) is 53.7 Å². The van der Waals surface area contributed by atoms with Gasteiger partial charge in [-0.15, -0.1) is 0 Å². The van der Waals surface area contributed by atoms with E-state index in [1.807, 2.05) is 0 Å². The molecule has 0 amide bonds. The summed E-state index contributed by atoms with van der Waals surface area (Å²) >= 11 is 0. The van der Waals surface area contributed by atoms with Crippen molar-refractivity contribution in [2.24, 2.45) is 5.90 Å². The minimum atomic E-state index is -0.904. The Kier molecular flexibility index (Phi) is 3.72. The molecule has 0 fully saturated rings. The normalized spacial score (nSPS) is 11.4. The van der Waals surface area contributed by atoms with Crippen LogP contribution in [0.2, 0.25) is 0 Å². The van der Waals surface area contributed by atoms with Gasteiger partial charge in [-0.3, -0.25) is 4.84 Å². The summed E-state index contributed by atoms with van der Waals surface area (Å²) in [6, 6.07) is 2.78. The van der Waals surface area contributed by atoms with Crippen LogP contribution in [0.5, 0.6) is 11.5 Å². The molecule has 0 unspecified atom stereocenters. The molecule has 0 heterocycles. The Bertz CT molecular complexity index is 380. The highest BCUT2D eigenvalue weighted by Crippen LogP contribution is 2.40. The van der Waals surface area contributed by atoms with Crippen LogP contribution >= 0.6 is 0 Å². The summed E-state index contributed by atoms with van der Waals surface area (Å²) in [6.45, 7) is 3.40. The first kappa shape index (κ1) is 12.7. The van der Waals surface area contributed by atoms with Crippen LogP contribution in [-0.4, -0.2) is 14.2 Å². The van der Waals surface area contributed by atoms with Gasteiger partial charge in [0.05, 0.1) is 19.8 Å². The fraction of sp³-hybridized carbons (Fsp3) is 0.455. The number of methoxy groups -OCH3 is 2. The van der Waals surface area contributed by atoms with Crippen LogP contribution in [0.15, 0.2) is 12.1 Å². The lowest BCUT2D eigenvalue weighted by Crippen LogP contribution is -2.27. The highest BCUT2D eigenvalue weighted by atomic mass is 19.1. The van der Waals surface area contributed by atoms with Crippen molar-refractivity contribution < 1.29 is 18.7 Å². The Morgan fingerprint density at radius 3 is 2.25 bits per heavy atom. The van der Waals surface area contributed by atoms with E-state index in [0.29, 0.717) is 11.3 Å². The van der Waals surface area contributed by atoms with Crippen LogP contribution in [0.25, 0.3) is 0 Å². The molecule has 1 aromatic carbocycles. The van der Waals surface area contributed by atoms with Crippen LogP contribution in [0.3, 0.4) is 0 Å². The predicted octanol–water partition coefficient (Wildman–Crippen LogP) is 1.97. The third kappa shape index (κ3) is 2.10. The second-order valence-corrected chi connectivity index (χ2v) is 3.79. The van der Waals surface area contributed by atoms with E-state index < -0.39 is 11.4 Å². The molecule has 5 heteroatoms. The summed E-state index contributed by atoms with van der Waals surface area (Å²) in [6.07, 6.45) is 0. The Balaban J connectivity index is 3.48. The molecule has 90 valence electrons. The first-order valence-electron chi connectivity index (χ1n) is 4.76. The maximum absolute atomic E-state index is 13.6. The van der Waals surface area contributed by atoms with E-state index in [4.69, 9.17) is 20.2 Å². The van der Waals surface area contributed by atoms with E-state index in [-0.39, 0.29) is 5.75 Å². The second-order valence-electron chi connectivity index (χ2n) is 3.79. The zero-order valence-electron chi connectivity index (χ0n) is 9.83. The lowest BCUT2D eigenvalue weighted by Gasteiger charge is -2.26. The fourth-order valence-electron chi connectivity index (χ4n) is 1.54. The third-order valence-electron chi connectivity index (χ3n) is 2.39. The number of halogens is 1. The van der Waals surface area contributed by atoms with Crippen molar-refractivity contribution >= 4 is 0 Å². The molecule has 1 aromatic rings. The van der Waals surface area contributed by atoms with E-state index in [2.05, 4.69) is 0 Å². The highest BCUT2D eigenvalue weighted by Gasteiger charge is 2.31. The zero-order valence-corrected chi connectivity index (χ0v) is 9.83. The van der Waals surface area contributed by atoms with Gasteiger partial charge in [0.1, 0.15) is 11.4 Å². The Morgan fingerprint density at radius 2 is 1.81 bits per heavy atom. The van der Waals surface area contributed by atoms with Crippen LogP contribution < -0.4 is 15.4 Å². The highest BCUT2D eigenvalue weighted by molar-refractivity contribution is 5.49. The molecular formula is C11H16FNO3. The van der Waals surface area contributed by atoms with Crippen molar-refractivity contribution in [1.29, 1.82) is 0 Å². The molecule has 0 saturated heterocycles. The monoisotopic (exact) mass is 229 g/mol. The van der Waals surface area contributed by atoms with Gasteiger partial charge in [0.15, 0.2) is 11.6 Å². The first-order chi connectivity index (χ1) is 7.47. The lowest BCUT2D eigenvalue weighted by molar-refractivity contribution is -0.0269. The number of benzene rings is 1. The molecule has 2 N–H and O–H groups in total. The molecule has 0 spiro atoms. The van der Waals surface area contributed by atoms with Gasteiger partial charge in [0.25, 0.3) is 0 Å². The molecule has 0 aromatic heterocycles. The quantitative estimate of drug-likeness (QED) is 0.802. The minimum Gasteiger partial charge on any atom is -0.496 e. The minimum absolute atomic E-state index is 0.0785. The van der Waals surface area contributed by atoms with Crippen molar-refractivity contribution in [3.05, 3.63) is 23.5 Å². The predicted molar refractivity (Wildman–Crippen MR) is 57.8 cm³/mol. The summed E-state index contributed by atoms with van der Waals surface area (Å²) in [5.41, 5.74) is -0.460. The van der Waals surface area contributed by atoms with Crippen molar-refractivity contribution in [2.45, 2.75) is 19.4 Å². The molecule has 0 saturated carbocycles. The maximum Gasteiger partial charge on any atom is 0.165 e. The van der Waals surface area contributed by atoms with Crippen LogP contribution in [0.1, 0.15) is 19.4 Å². The van der Waals surface area contributed by atoms with E-state index in [1.54, 1.807) is 13.8 Å². The van der Waals surface area contributed by atoms with Gasteiger partial charge in [-0.2, -0.15) is 0 Å². The summed E-state index contributed by atoms with van der Waals surface area (Å²) < 4.78 is 23.7. The molecule has 0 aliphatic heterocycles. The van der Waals surface area contributed by atoms with Crippen LogP contribution in [0, 0.1) is 5.82 Å². The summed E-state index contributed by atoms with van der Waals surface area (Å²) in [5.74, 6) is 5.26. The molecule has 4 nitrogen and oxygen atoms in total. The number of rotatable bonds is 4. The number of hydrogen-bond acceptors (Lipinski definition) is 4. The maximum atomic E-state index is 13.6. The van der Waals surface area contributed by atoms with Gasteiger partial charge in [-0.25, -0.2) is 10.3 Å². The van der Waals surface area contributed by atoms with E-state index in [1.165, 1.54) is 26.4 Å². The average Bonchev–Trinajstić information content (AvgIpc) is 2.28. The molecule has 0 bridgehead atoms. The molecule has 16 heavy (non-hydrogen) atoms. The molecule has 1 rings (SSSR count). The zero-order chi connectivity index (χ0) is 12.3. The van der Waals surface area contributed by atoms with Crippen molar-refractivity contribution in [3.8, 4) is 11.5 Å². The Morgan fingerprint density at radius 1 is 1.19 bits per heavy atom. The Labute approximate surface area is 94.1 Å². The van der Waals surface area contributed by atoms with Crippen LogP contribution in [0.4, 0.5) is 4.39 Å². The van der Waals surface area contributed by atoms with E-state index in [0.717, 1.165) is 0 Å². The second kappa shape index (κ2) is 4.67. The van der Waals surface area contributed by atoms with E-state index >= 15 is 0 Å². The van der Waals surface area contributed by atoms with Gasteiger partial charge in [-0.1, -0.05) is 0 Å². The van der Waals surface area contributed by atoms with Gasteiger partial charge < -0.3 is 9.47 Å². The summed E-state index contributed by atoms with van der Waals surface area (Å²) in [5, 5.41) is 0. The van der Waals surface area contributed by atoms with Crippen LogP contribution in [-0.2, 0) is 10.4 Å².